The van der Waals surface area contributed by atoms with Gasteiger partial charge in [0.25, 0.3) is 0 Å². The maximum atomic E-state index is 12.9. The number of fused-ring (bicyclic) bond motifs is 3. The van der Waals surface area contributed by atoms with Crippen LogP contribution in [0.4, 0.5) is 16.2 Å². The van der Waals surface area contributed by atoms with Gasteiger partial charge in [0.1, 0.15) is 5.25 Å². The lowest BCUT2D eigenvalue weighted by atomic mass is 9.99. The smallest absolute Gasteiger partial charge is 0.332 e. The minimum absolute atomic E-state index is 0.287. The molecule has 29 heavy (non-hydrogen) atoms. The van der Waals surface area contributed by atoms with E-state index in [1.807, 2.05) is 24.3 Å². The molecule has 1 heterocycles. The van der Waals surface area contributed by atoms with Gasteiger partial charge >= 0.3 is 6.03 Å². The quantitative estimate of drug-likeness (QED) is 0.724. The summed E-state index contributed by atoms with van der Waals surface area (Å²) in [7, 11) is -3.80. The summed E-state index contributed by atoms with van der Waals surface area (Å²) in [5.41, 5.74) is 7.74. The summed E-state index contributed by atoms with van der Waals surface area (Å²) in [5.74, 6) is 0. The summed E-state index contributed by atoms with van der Waals surface area (Å²) in [6.45, 7) is 0.287. The van der Waals surface area contributed by atoms with Gasteiger partial charge in [0.2, 0.25) is 10.0 Å². The van der Waals surface area contributed by atoms with E-state index in [2.05, 4.69) is 21.4 Å². The van der Waals surface area contributed by atoms with Crippen LogP contribution in [0.5, 0.6) is 0 Å². The Morgan fingerprint density at radius 3 is 2.38 bits per heavy atom. The highest BCUT2D eigenvalue weighted by molar-refractivity contribution is 7.90. The Labute approximate surface area is 171 Å². The Morgan fingerprint density at radius 1 is 0.966 bits per heavy atom. The normalized spacial score (nSPS) is 19.7. The largest absolute Gasteiger partial charge is 0.383 e. The summed E-state index contributed by atoms with van der Waals surface area (Å²) in [5, 5.41) is 5.38. The van der Waals surface area contributed by atoms with Crippen molar-refractivity contribution in [3.05, 3.63) is 58.1 Å². The van der Waals surface area contributed by atoms with Crippen molar-refractivity contribution in [2.75, 3.05) is 17.2 Å². The van der Waals surface area contributed by atoms with E-state index in [1.165, 1.54) is 22.3 Å². The van der Waals surface area contributed by atoms with Crippen molar-refractivity contribution in [1.29, 1.82) is 0 Å². The number of nitrogens with one attached hydrogen (secondary N) is 3. The van der Waals surface area contributed by atoms with E-state index in [1.54, 1.807) is 0 Å². The monoisotopic (exact) mass is 411 g/mol. The molecule has 3 N–H and O–H groups in total. The van der Waals surface area contributed by atoms with Crippen LogP contribution < -0.4 is 15.4 Å². The number of hydrogen-bond acceptors (Lipinski definition) is 4. The topological polar surface area (TPSA) is 87.3 Å². The van der Waals surface area contributed by atoms with Gasteiger partial charge in [-0.2, -0.15) is 0 Å². The zero-order valence-corrected chi connectivity index (χ0v) is 17.1. The molecule has 1 unspecified atom stereocenters. The van der Waals surface area contributed by atoms with Gasteiger partial charge in [-0.15, -0.1) is 0 Å². The number of aryl methyl sites for hydroxylation is 2. The van der Waals surface area contributed by atoms with Crippen LogP contribution >= 0.6 is 0 Å². The number of para-hydroxylation sites is 1. The van der Waals surface area contributed by atoms with Gasteiger partial charge in [0, 0.05) is 17.9 Å². The summed E-state index contributed by atoms with van der Waals surface area (Å²) >= 11 is 0. The summed E-state index contributed by atoms with van der Waals surface area (Å²) in [6.07, 6.45) is 6.50. The predicted molar refractivity (Wildman–Crippen MR) is 114 cm³/mol. The summed E-state index contributed by atoms with van der Waals surface area (Å²) < 4.78 is 28.0. The van der Waals surface area contributed by atoms with E-state index in [-0.39, 0.29) is 6.54 Å². The van der Waals surface area contributed by atoms with Crippen LogP contribution in [0, 0.1) is 0 Å². The number of sulfonamides is 1. The zero-order chi connectivity index (χ0) is 20.0. The SMILES string of the molecule is O=C(Nc1c2c(cc3c1CCC3)CCC2)NS(=O)(=O)C1CNc2ccccc2C1. The Kier molecular flexibility index (Phi) is 4.50. The highest BCUT2D eigenvalue weighted by Crippen LogP contribution is 2.38. The van der Waals surface area contributed by atoms with Crippen molar-refractivity contribution in [3.8, 4) is 0 Å². The molecule has 2 amide bonds. The molecule has 152 valence electrons. The van der Waals surface area contributed by atoms with Crippen molar-refractivity contribution in [2.45, 2.75) is 50.2 Å². The number of carbonyl (C=O) groups excluding carboxylic acids is 1. The maximum absolute atomic E-state index is 12.9. The lowest BCUT2D eigenvalue weighted by Crippen LogP contribution is -2.45. The van der Waals surface area contributed by atoms with Crippen LogP contribution in [0.2, 0.25) is 0 Å². The Balaban J connectivity index is 1.34. The van der Waals surface area contributed by atoms with Gasteiger partial charge < -0.3 is 10.6 Å². The fourth-order valence-corrected chi connectivity index (χ4v) is 6.13. The molecule has 2 aliphatic carbocycles. The molecule has 7 heteroatoms. The molecule has 0 saturated carbocycles. The molecule has 6 nitrogen and oxygen atoms in total. The second kappa shape index (κ2) is 7.06. The first kappa shape index (κ1) is 18.5. The van der Waals surface area contributed by atoms with E-state index < -0.39 is 21.3 Å². The van der Waals surface area contributed by atoms with Crippen LogP contribution in [-0.2, 0) is 42.1 Å². The van der Waals surface area contributed by atoms with Crippen molar-refractivity contribution < 1.29 is 13.2 Å². The van der Waals surface area contributed by atoms with Crippen LogP contribution in [0.15, 0.2) is 30.3 Å². The number of rotatable bonds is 3. The number of urea groups is 1. The third kappa shape index (κ3) is 3.37. The minimum atomic E-state index is -3.80. The Hall–Kier alpha value is -2.54. The number of amides is 2. The van der Waals surface area contributed by atoms with Crippen molar-refractivity contribution in [1.82, 2.24) is 4.72 Å². The highest BCUT2D eigenvalue weighted by Gasteiger charge is 2.32. The van der Waals surface area contributed by atoms with E-state index in [0.29, 0.717) is 6.42 Å². The van der Waals surface area contributed by atoms with Crippen LogP contribution in [0.3, 0.4) is 0 Å². The van der Waals surface area contributed by atoms with Gasteiger partial charge in [-0.05, 0) is 78.8 Å². The molecule has 0 spiro atoms. The average Bonchev–Trinajstić information content (AvgIpc) is 3.36. The molecule has 5 rings (SSSR count). The van der Waals surface area contributed by atoms with Crippen molar-refractivity contribution >= 4 is 27.4 Å². The lowest BCUT2D eigenvalue weighted by Gasteiger charge is -2.26. The zero-order valence-electron chi connectivity index (χ0n) is 16.3. The first-order valence-electron chi connectivity index (χ1n) is 10.3. The molecular formula is C22H25N3O3S. The van der Waals surface area contributed by atoms with E-state index in [4.69, 9.17) is 0 Å². The number of carbonyl (C=O) groups is 1. The maximum Gasteiger partial charge on any atom is 0.332 e. The standard InChI is InChI=1S/C22H25N3O3S/c26-22(24-21-18-8-3-6-14(18)11-15-7-4-9-19(15)21)25-29(27,28)17-12-16-5-1-2-10-20(16)23-13-17/h1-2,5,10-11,17,23H,3-4,6-9,12-13H2,(H2,24,25,26). The van der Waals surface area contributed by atoms with Crippen LogP contribution in [0.25, 0.3) is 0 Å². The molecule has 0 bridgehead atoms. The van der Waals surface area contributed by atoms with Gasteiger partial charge in [0.15, 0.2) is 0 Å². The second-order valence-electron chi connectivity index (χ2n) is 8.20. The van der Waals surface area contributed by atoms with Crippen LogP contribution in [0.1, 0.15) is 40.7 Å². The Bertz CT molecular complexity index is 1060. The molecule has 0 saturated heterocycles. The third-order valence-electron chi connectivity index (χ3n) is 6.37. The van der Waals surface area contributed by atoms with E-state index >= 15 is 0 Å². The van der Waals surface area contributed by atoms with Gasteiger partial charge in [-0.1, -0.05) is 24.3 Å². The van der Waals surface area contributed by atoms with Crippen molar-refractivity contribution in [3.63, 3.8) is 0 Å². The highest BCUT2D eigenvalue weighted by atomic mass is 32.2. The first-order valence-corrected chi connectivity index (χ1v) is 11.9. The molecule has 0 radical (unpaired) electrons. The fraction of sp³-hybridized carbons (Fsp3) is 0.409. The summed E-state index contributed by atoms with van der Waals surface area (Å²) in [4.78, 5) is 12.7. The molecular weight excluding hydrogens is 386 g/mol. The van der Waals surface area contributed by atoms with Gasteiger partial charge in [0.05, 0.1) is 0 Å². The molecule has 0 fully saturated rings. The first-order chi connectivity index (χ1) is 14.0. The number of benzene rings is 2. The van der Waals surface area contributed by atoms with Gasteiger partial charge in [-0.25, -0.2) is 17.9 Å². The molecule has 3 aliphatic rings. The summed E-state index contributed by atoms with van der Waals surface area (Å²) in [6, 6.07) is 9.30. The van der Waals surface area contributed by atoms with Crippen molar-refractivity contribution in [2.24, 2.45) is 0 Å². The molecule has 1 atom stereocenters. The second-order valence-corrected chi connectivity index (χ2v) is 10.2. The molecule has 2 aromatic carbocycles. The lowest BCUT2D eigenvalue weighted by molar-refractivity contribution is 0.256. The molecule has 1 aliphatic heterocycles. The fourth-order valence-electron chi connectivity index (χ4n) is 4.95. The number of anilines is 2. The predicted octanol–water partition coefficient (Wildman–Crippen LogP) is 3.15. The van der Waals surface area contributed by atoms with Gasteiger partial charge in [-0.3, -0.25) is 0 Å². The average molecular weight is 412 g/mol. The molecule has 2 aromatic rings. The van der Waals surface area contributed by atoms with E-state index in [9.17, 15) is 13.2 Å². The molecule has 0 aromatic heterocycles. The third-order valence-corrected chi connectivity index (χ3v) is 8.05. The van der Waals surface area contributed by atoms with Crippen LogP contribution in [-0.4, -0.2) is 26.2 Å². The number of hydrogen-bond donors (Lipinski definition) is 3. The Morgan fingerprint density at radius 2 is 1.66 bits per heavy atom. The minimum Gasteiger partial charge on any atom is -0.383 e. The van der Waals surface area contributed by atoms with E-state index in [0.717, 1.165) is 55.5 Å².